The topological polar surface area (TPSA) is 77.8 Å². The average Bonchev–Trinajstić information content (AvgIpc) is 2.65. The van der Waals surface area contributed by atoms with Crippen LogP contribution in [0.3, 0.4) is 0 Å². The van der Waals surface area contributed by atoms with E-state index in [1.807, 2.05) is 48.5 Å². The summed E-state index contributed by atoms with van der Waals surface area (Å²) in [6.07, 6.45) is 1.96. The van der Waals surface area contributed by atoms with Crippen molar-refractivity contribution < 1.29 is 4.79 Å². The van der Waals surface area contributed by atoms with Gasteiger partial charge in [-0.2, -0.15) is 5.26 Å². The van der Waals surface area contributed by atoms with Crippen LogP contribution >= 0.6 is 0 Å². The molecular formula is C20H16N4O. The van der Waals surface area contributed by atoms with Crippen LogP contribution in [-0.2, 0) is 11.2 Å². The zero-order valence-electron chi connectivity index (χ0n) is 13.4. The summed E-state index contributed by atoms with van der Waals surface area (Å²) >= 11 is 0. The number of rotatable bonds is 5. The minimum Gasteiger partial charge on any atom is -0.354 e. The highest BCUT2D eigenvalue weighted by Crippen LogP contribution is 2.17. The van der Waals surface area contributed by atoms with Crippen LogP contribution in [0.15, 0.2) is 72.9 Å². The van der Waals surface area contributed by atoms with E-state index in [1.165, 1.54) is 0 Å². The van der Waals surface area contributed by atoms with Crippen LogP contribution in [-0.4, -0.2) is 10.9 Å². The van der Waals surface area contributed by atoms with Crippen molar-refractivity contribution in [2.45, 2.75) is 6.42 Å². The second kappa shape index (κ2) is 7.75. The Morgan fingerprint density at radius 2 is 1.68 bits per heavy atom. The standard InChI is InChI=1S/C20H16N4O/c21-13-16-6-8-17(9-7-16)23-18-10-11-19(22-14-18)24-20(25)12-15-4-2-1-3-5-15/h1-11,14,23H,12H2,(H,22,24,25). The lowest BCUT2D eigenvalue weighted by Crippen LogP contribution is -2.15. The first-order chi connectivity index (χ1) is 12.2. The third kappa shape index (κ3) is 4.66. The highest BCUT2D eigenvalue weighted by molar-refractivity contribution is 5.91. The van der Waals surface area contributed by atoms with Crippen molar-refractivity contribution >= 4 is 23.1 Å². The summed E-state index contributed by atoms with van der Waals surface area (Å²) in [7, 11) is 0. The fourth-order valence-electron chi connectivity index (χ4n) is 2.30. The molecule has 2 aromatic carbocycles. The van der Waals surface area contributed by atoms with Gasteiger partial charge in [-0.05, 0) is 42.0 Å². The Morgan fingerprint density at radius 3 is 2.32 bits per heavy atom. The third-order valence-electron chi connectivity index (χ3n) is 3.54. The largest absolute Gasteiger partial charge is 0.354 e. The Labute approximate surface area is 146 Å². The number of nitrogens with one attached hydrogen (secondary N) is 2. The molecule has 3 aromatic rings. The molecule has 0 saturated carbocycles. The molecule has 0 radical (unpaired) electrons. The number of pyridine rings is 1. The van der Waals surface area contributed by atoms with Gasteiger partial charge >= 0.3 is 0 Å². The van der Waals surface area contributed by atoms with Crippen LogP contribution in [0.5, 0.6) is 0 Å². The molecule has 1 amide bonds. The van der Waals surface area contributed by atoms with Crippen molar-refractivity contribution in [3.8, 4) is 6.07 Å². The van der Waals surface area contributed by atoms with E-state index in [2.05, 4.69) is 21.7 Å². The molecule has 0 saturated heterocycles. The van der Waals surface area contributed by atoms with E-state index in [0.29, 0.717) is 17.8 Å². The highest BCUT2D eigenvalue weighted by Gasteiger charge is 2.05. The van der Waals surface area contributed by atoms with Gasteiger partial charge in [0.2, 0.25) is 5.91 Å². The minimum atomic E-state index is -0.105. The number of benzene rings is 2. The molecule has 5 nitrogen and oxygen atoms in total. The van der Waals surface area contributed by atoms with Crippen molar-refractivity contribution in [1.29, 1.82) is 5.26 Å². The summed E-state index contributed by atoms with van der Waals surface area (Å²) in [6.45, 7) is 0. The maximum Gasteiger partial charge on any atom is 0.229 e. The van der Waals surface area contributed by atoms with Crippen LogP contribution in [0.2, 0.25) is 0 Å². The van der Waals surface area contributed by atoms with Gasteiger partial charge in [-0.1, -0.05) is 30.3 Å². The number of nitrogens with zero attached hydrogens (tertiary/aromatic N) is 2. The number of amides is 1. The van der Waals surface area contributed by atoms with Crippen LogP contribution in [0.25, 0.3) is 0 Å². The summed E-state index contributed by atoms with van der Waals surface area (Å²) in [6, 6.07) is 22.4. The molecule has 0 unspecified atom stereocenters. The minimum absolute atomic E-state index is 0.105. The van der Waals surface area contributed by atoms with E-state index >= 15 is 0 Å². The molecule has 1 aromatic heterocycles. The van der Waals surface area contributed by atoms with Gasteiger partial charge in [0.15, 0.2) is 0 Å². The molecule has 0 aliphatic rings. The van der Waals surface area contributed by atoms with Crippen molar-refractivity contribution in [2.75, 3.05) is 10.6 Å². The average molecular weight is 328 g/mol. The fourth-order valence-corrected chi connectivity index (χ4v) is 2.30. The fraction of sp³-hybridized carbons (Fsp3) is 0.0500. The van der Waals surface area contributed by atoms with Gasteiger partial charge in [0, 0.05) is 5.69 Å². The third-order valence-corrected chi connectivity index (χ3v) is 3.54. The first-order valence-electron chi connectivity index (χ1n) is 7.80. The molecule has 0 aliphatic carbocycles. The molecule has 5 heteroatoms. The van der Waals surface area contributed by atoms with Crippen LogP contribution in [0.4, 0.5) is 17.2 Å². The summed E-state index contributed by atoms with van der Waals surface area (Å²) in [5.74, 6) is 0.401. The normalized spacial score (nSPS) is 9.88. The number of anilines is 3. The Hall–Kier alpha value is -3.65. The van der Waals surface area contributed by atoms with Gasteiger partial charge in [0.1, 0.15) is 5.82 Å². The molecular weight excluding hydrogens is 312 g/mol. The number of carbonyl (C=O) groups excluding carboxylic acids is 1. The molecule has 122 valence electrons. The summed E-state index contributed by atoms with van der Waals surface area (Å²) < 4.78 is 0. The molecule has 1 heterocycles. The number of nitriles is 1. The molecule has 0 atom stereocenters. The molecule has 0 fully saturated rings. The molecule has 2 N–H and O–H groups in total. The second-order valence-electron chi connectivity index (χ2n) is 5.46. The second-order valence-corrected chi connectivity index (χ2v) is 5.46. The molecule has 3 rings (SSSR count). The lowest BCUT2D eigenvalue weighted by molar-refractivity contribution is -0.115. The van der Waals surface area contributed by atoms with E-state index in [9.17, 15) is 4.79 Å². The maximum absolute atomic E-state index is 12.0. The summed E-state index contributed by atoms with van der Waals surface area (Å²) in [5, 5.41) is 14.8. The van der Waals surface area contributed by atoms with Gasteiger partial charge in [-0.25, -0.2) is 4.98 Å². The van der Waals surface area contributed by atoms with Gasteiger partial charge in [0.05, 0.1) is 29.9 Å². The molecule has 0 aliphatic heterocycles. The quantitative estimate of drug-likeness (QED) is 0.745. The van der Waals surface area contributed by atoms with E-state index in [-0.39, 0.29) is 5.91 Å². The summed E-state index contributed by atoms with van der Waals surface area (Å²) in [5.41, 5.74) is 3.23. The highest BCUT2D eigenvalue weighted by atomic mass is 16.1. The predicted octanol–water partition coefficient (Wildman–Crippen LogP) is 3.88. The lowest BCUT2D eigenvalue weighted by atomic mass is 10.1. The van der Waals surface area contributed by atoms with Crippen LogP contribution < -0.4 is 10.6 Å². The molecule has 0 spiro atoms. The van der Waals surface area contributed by atoms with Gasteiger partial charge in [-0.15, -0.1) is 0 Å². The van der Waals surface area contributed by atoms with Gasteiger partial charge < -0.3 is 10.6 Å². The monoisotopic (exact) mass is 328 g/mol. The van der Waals surface area contributed by atoms with Crippen molar-refractivity contribution in [3.63, 3.8) is 0 Å². The Kier molecular flexibility index (Phi) is 5.03. The number of hydrogen-bond donors (Lipinski definition) is 2. The van der Waals surface area contributed by atoms with Crippen molar-refractivity contribution in [2.24, 2.45) is 0 Å². The number of carbonyl (C=O) groups is 1. The molecule has 0 bridgehead atoms. The Morgan fingerprint density at radius 1 is 0.960 bits per heavy atom. The smallest absolute Gasteiger partial charge is 0.229 e. The van der Waals surface area contributed by atoms with Crippen LogP contribution in [0.1, 0.15) is 11.1 Å². The van der Waals surface area contributed by atoms with Gasteiger partial charge in [0.25, 0.3) is 0 Å². The first-order valence-corrected chi connectivity index (χ1v) is 7.80. The van der Waals surface area contributed by atoms with E-state index in [4.69, 9.17) is 5.26 Å². The number of aromatic nitrogens is 1. The van der Waals surface area contributed by atoms with Crippen molar-refractivity contribution in [1.82, 2.24) is 4.98 Å². The SMILES string of the molecule is N#Cc1ccc(Nc2ccc(NC(=O)Cc3ccccc3)nc2)cc1. The Balaban J connectivity index is 1.58. The molecule has 25 heavy (non-hydrogen) atoms. The Bertz CT molecular complexity index is 882. The zero-order chi connectivity index (χ0) is 17.5. The van der Waals surface area contributed by atoms with E-state index < -0.39 is 0 Å². The van der Waals surface area contributed by atoms with Crippen molar-refractivity contribution in [3.05, 3.63) is 84.1 Å². The maximum atomic E-state index is 12.0. The first kappa shape index (κ1) is 16.2. The lowest BCUT2D eigenvalue weighted by Gasteiger charge is -2.08. The van der Waals surface area contributed by atoms with E-state index in [1.54, 1.807) is 24.4 Å². The van der Waals surface area contributed by atoms with Crippen LogP contribution in [0, 0.1) is 11.3 Å². The summed E-state index contributed by atoms with van der Waals surface area (Å²) in [4.78, 5) is 16.3. The van der Waals surface area contributed by atoms with Gasteiger partial charge in [-0.3, -0.25) is 4.79 Å². The van der Waals surface area contributed by atoms with E-state index in [0.717, 1.165) is 16.9 Å². The number of hydrogen-bond acceptors (Lipinski definition) is 4. The zero-order valence-corrected chi connectivity index (χ0v) is 13.4. The predicted molar refractivity (Wildman–Crippen MR) is 97.5 cm³/mol.